The standard InChI is InChI=1S/C13H20O4/c1-3-10(2)13(8-4-5-9-13)17-12(16)7-6-11(14)15/h6-7,10H,3-5,8-9H2,1-2H3,(H,14,15)/b7-6+. The van der Waals surface area contributed by atoms with Crippen LogP contribution < -0.4 is 0 Å². The van der Waals surface area contributed by atoms with Crippen LogP contribution in [0.4, 0.5) is 0 Å². The van der Waals surface area contributed by atoms with Gasteiger partial charge in [0.1, 0.15) is 5.60 Å². The maximum absolute atomic E-state index is 11.6. The SMILES string of the molecule is CCC(C)C1(OC(=O)/C=C/C(=O)O)CCCC1. The van der Waals surface area contributed by atoms with E-state index in [1.165, 1.54) is 0 Å². The van der Waals surface area contributed by atoms with Crippen LogP contribution in [-0.2, 0) is 14.3 Å². The third kappa shape index (κ3) is 3.58. The van der Waals surface area contributed by atoms with Crippen LogP contribution in [0, 0.1) is 5.92 Å². The molecule has 0 aromatic rings. The Kier molecular flexibility index (Phi) is 4.73. The Labute approximate surface area is 102 Å². The van der Waals surface area contributed by atoms with Crippen LogP contribution in [0.1, 0.15) is 46.0 Å². The number of esters is 1. The Morgan fingerprint density at radius 1 is 1.35 bits per heavy atom. The number of hydrogen-bond acceptors (Lipinski definition) is 3. The maximum atomic E-state index is 11.6. The molecule has 1 unspecified atom stereocenters. The van der Waals surface area contributed by atoms with Crippen molar-refractivity contribution in [3.8, 4) is 0 Å². The fourth-order valence-electron chi connectivity index (χ4n) is 2.41. The number of hydrogen-bond donors (Lipinski definition) is 1. The molecule has 1 aliphatic carbocycles. The summed E-state index contributed by atoms with van der Waals surface area (Å²) in [6.45, 7) is 4.16. The predicted octanol–water partition coefficient (Wildman–Crippen LogP) is 2.53. The van der Waals surface area contributed by atoms with Gasteiger partial charge in [0.15, 0.2) is 0 Å². The van der Waals surface area contributed by atoms with Gasteiger partial charge in [0.25, 0.3) is 0 Å². The van der Waals surface area contributed by atoms with E-state index in [2.05, 4.69) is 13.8 Å². The molecule has 0 bridgehead atoms. The minimum atomic E-state index is -1.13. The van der Waals surface area contributed by atoms with Crippen molar-refractivity contribution in [2.45, 2.75) is 51.6 Å². The average molecular weight is 240 g/mol. The van der Waals surface area contributed by atoms with Gasteiger partial charge in [-0.05, 0) is 38.0 Å². The predicted molar refractivity (Wildman–Crippen MR) is 63.5 cm³/mol. The Hall–Kier alpha value is -1.32. The fraction of sp³-hybridized carbons (Fsp3) is 0.692. The second-order valence-corrected chi connectivity index (χ2v) is 4.67. The summed E-state index contributed by atoms with van der Waals surface area (Å²) in [5.41, 5.74) is -0.380. The molecule has 0 saturated heterocycles. The molecular weight excluding hydrogens is 220 g/mol. The Bertz CT molecular complexity index is 313. The van der Waals surface area contributed by atoms with E-state index >= 15 is 0 Å². The second-order valence-electron chi connectivity index (χ2n) is 4.67. The van der Waals surface area contributed by atoms with E-state index < -0.39 is 11.9 Å². The van der Waals surface area contributed by atoms with Gasteiger partial charge in [-0.1, -0.05) is 13.8 Å². The zero-order valence-electron chi connectivity index (χ0n) is 10.4. The molecule has 0 heterocycles. The number of carbonyl (C=O) groups is 2. The van der Waals surface area contributed by atoms with Crippen LogP contribution in [-0.4, -0.2) is 22.6 Å². The maximum Gasteiger partial charge on any atom is 0.331 e. The smallest absolute Gasteiger partial charge is 0.331 e. The Morgan fingerprint density at radius 3 is 2.41 bits per heavy atom. The first kappa shape index (κ1) is 13.7. The van der Waals surface area contributed by atoms with E-state index in [4.69, 9.17) is 9.84 Å². The highest BCUT2D eigenvalue weighted by atomic mass is 16.6. The highest BCUT2D eigenvalue weighted by molar-refractivity contribution is 5.90. The zero-order valence-corrected chi connectivity index (χ0v) is 10.4. The van der Waals surface area contributed by atoms with Gasteiger partial charge < -0.3 is 9.84 Å². The quantitative estimate of drug-likeness (QED) is 0.592. The van der Waals surface area contributed by atoms with Crippen LogP contribution in [0.3, 0.4) is 0 Å². The van der Waals surface area contributed by atoms with Crippen molar-refractivity contribution in [3.05, 3.63) is 12.2 Å². The molecule has 1 rings (SSSR count). The van der Waals surface area contributed by atoms with Gasteiger partial charge in [-0.2, -0.15) is 0 Å². The largest absolute Gasteiger partial charge is 0.478 e. The van der Waals surface area contributed by atoms with Gasteiger partial charge in [0.05, 0.1) is 0 Å². The van der Waals surface area contributed by atoms with Gasteiger partial charge in [-0.15, -0.1) is 0 Å². The lowest BCUT2D eigenvalue weighted by atomic mass is 9.85. The second kappa shape index (κ2) is 5.84. The molecule has 1 aliphatic rings. The molecule has 0 aromatic heterocycles. The normalized spacial score (nSPS) is 20.4. The monoisotopic (exact) mass is 240 g/mol. The number of carboxylic acid groups (broad SMARTS) is 1. The number of ether oxygens (including phenoxy) is 1. The van der Waals surface area contributed by atoms with E-state index in [0.29, 0.717) is 5.92 Å². The van der Waals surface area contributed by atoms with Crippen molar-refractivity contribution in [1.29, 1.82) is 0 Å². The van der Waals surface area contributed by atoms with Crippen LogP contribution in [0.15, 0.2) is 12.2 Å². The molecule has 0 aliphatic heterocycles. The number of carboxylic acids is 1. The summed E-state index contributed by atoms with van der Waals surface area (Å²) < 4.78 is 5.51. The van der Waals surface area contributed by atoms with Crippen LogP contribution in [0.25, 0.3) is 0 Å². The third-order valence-corrected chi connectivity index (χ3v) is 3.63. The van der Waals surface area contributed by atoms with Gasteiger partial charge in [-0.25, -0.2) is 9.59 Å². The number of rotatable bonds is 5. The number of aliphatic carboxylic acids is 1. The van der Waals surface area contributed by atoms with Crippen molar-refractivity contribution in [1.82, 2.24) is 0 Å². The Balaban J connectivity index is 2.67. The molecular formula is C13H20O4. The first-order valence-electron chi connectivity index (χ1n) is 6.14. The topological polar surface area (TPSA) is 63.6 Å². The lowest BCUT2D eigenvalue weighted by Gasteiger charge is -2.34. The highest BCUT2D eigenvalue weighted by Gasteiger charge is 2.41. The summed E-state index contributed by atoms with van der Waals surface area (Å²) >= 11 is 0. The minimum Gasteiger partial charge on any atom is -0.478 e. The summed E-state index contributed by atoms with van der Waals surface area (Å²) in [7, 11) is 0. The average Bonchev–Trinajstić information content (AvgIpc) is 2.75. The van der Waals surface area contributed by atoms with Crippen molar-refractivity contribution in [2.24, 2.45) is 5.92 Å². The molecule has 0 radical (unpaired) electrons. The summed E-state index contributed by atoms with van der Waals surface area (Å²) in [6.07, 6.45) is 6.67. The summed E-state index contributed by atoms with van der Waals surface area (Å²) in [5.74, 6) is -1.37. The lowest BCUT2D eigenvalue weighted by Crippen LogP contribution is -2.38. The first-order chi connectivity index (χ1) is 8.00. The summed E-state index contributed by atoms with van der Waals surface area (Å²) in [6, 6.07) is 0. The molecule has 0 aromatic carbocycles. The molecule has 0 spiro atoms. The molecule has 1 N–H and O–H groups in total. The third-order valence-electron chi connectivity index (χ3n) is 3.63. The van der Waals surface area contributed by atoms with Crippen molar-refractivity contribution < 1.29 is 19.4 Å². The van der Waals surface area contributed by atoms with E-state index in [0.717, 1.165) is 44.3 Å². The van der Waals surface area contributed by atoms with Gasteiger partial charge in [0.2, 0.25) is 0 Å². The van der Waals surface area contributed by atoms with Crippen molar-refractivity contribution >= 4 is 11.9 Å². The summed E-state index contributed by atoms with van der Waals surface area (Å²) in [4.78, 5) is 21.9. The molecule has 1 atom stereocenters. The molecule has 4 nitrogen and oxygen atoms in total. The molecule has 17 heavy (non-hydrogen) atoms. The van der Waals surface area contributed by atoms with E-state index in [1.54, 1.807) is 0 Å². The Morgan fingerprint density at radius 2 is 1.94 bits per heavy atom. The molecule has 1 saturated carbocycles. The van der Waals surface area contributed by atoms with Crippen molar-refractivity contribution in [2.75, 3.05) is 0 Å². The van der Waals surface area contributed by atoms with Gasteiger partial charge in [0, 0.05) is 12.2 Å². The fourth-order valence-corrected chi connectivity index (χ4v) is 2.41. The highest BCUT2D eigenvalue weighted by Crippen LogP contribution is 2.40. The lowest BCUT2D eigenvalue weighted by molar-refractivity contribution is -0.159. The minimum absolute atomic E-state index is 0.312. The zero-order chi connectivity index (χ0) is 12.9. The van der Waals surface area contributed by atoms with Crippen molar-refractivity contribution in [3.63, 3.8) is 0 Å². The van der Waals surface area contributed by atoms with Crippen LogP contribution in [0.2, 0.25) is 0 Å². The van der Waals surface area contributed by atoms with Gasteiger partial charge in [-0.3, -0.25) is 0 Å². The van der Waals surface area contributed by atoms with E-state index in [1.807, 2.05) is 0 Å². The van der Waals surface area contributed by atoms with E-state index in [9.17, 15) is 9.59 Å². The van der Waals surface area contributed by atoms with Crippen LogP contribution in [0.5, 0.6) is 0 Å². The van der Waals surface area contributed by atoms with Gasteiger partial charge >= 0.3 is 11.9 Å². The molecule has 4 heteroatoms. The van der Waals surface area contributed by atoms with E-state index in [-0.39, 0.29) is 5.60 Å². The first-order valence-corrected chi connectivity index (χ1v) is 6.14. The molecule has 1 fully saturated rings. The number of carbonyl (C=O) groups excluding carboxylic acids is 1. The molecule has 0 amide bonds. The summed E-state index contributed by atoms with van der Waals surface area (Å²) in [5, 5.41) is 8.45. The molecule has 96 valence electrons. The van der Waals surface area contributed by atoms with Crippen LogP contribution >= 0.6 is 0 Å².